The predicted molar refractivity (Wildman–Crippen MR) is 62.7 cm³/mol. The second-order valence-electron chi connectivity index (χ2n) is 5.01. The summed E-state index contributed by atoms with van der Waals surface area (Å²) in [6.07, 6.45) is -0.237. The van der Waals surface area contributed by atoms with Crippen LogP contribution in [-0.2, 0) is 4.74 Å². The third-order valence-corrected chi connectivity index (χ3v) is 3.94. The molecule has 3 aliphatic heterocycles. The Kier molecular flexibility index (Phi) is 2.41. The van der Waals surface area contributed by atoms with Gasteiger partial charge >= 0.3 is 12.1 Å². The van der Waals surface area contributed by atoms with Crippen molar-refractivity contribution < 1.29 is 14.3 Å². The summed E-state index contributed by atoms with van der Waals surface area (Å²) in [5, 5.41) is 0. The monoisotopic (exact) mass is 254 g/mol. The van der Waals surface area contributed by atoms with Crippen LogP contribution in [0.15, 0.2) is 0 Å². The molecule has 3 atom stereocenters. The van der Waals surface area contributed by atoms with Crippen molar-refractivity contribution in [3.63, 3.8) is 0 Å². The minimum atomic E-state index is -0.195. The molecule has 0 saturated carbocycles. The van der Waals surface area contributed by atoms with Crippen LogP contribution in [0.5, 0.6) is 0 Å². The van der Waals surface area contributed by atoms with Gasteiger partial charge in [-0.25, -0.2) is 9.59 Å². The number of carbonyl (C=O) groups is 2. The molecule has 3 heterocycles. The number of rotatable bonds is 3. The van der Waals surface area contributed by atoms with Gasteiger partial charge in [0.15, 0.2) is 0 Å². The van der Waals surface area contributed by atoms with E-state index >= 15 is 0 Å². The summed E-state index contributed by atoms with van der Waals surface area (Å²) in [6, 6.07) is -0.0492. The maximum Gasteiger partial charge on any atom is 0.323 e. The van der Waals surface area contributed by atoms with Crippen LogP contribution in [0, 0.1) is 0 Å². The fourth-order valence-corrected chi connectivity index (χ4v) is 2.91. The quantitative estimate of drug-likeness (QED) is 0.655. The summed E-state index contributed by atoms with van der Waals surface area (Å²) < 4.78 is 5.20. The Morgan fingerprint density at radius 3 is 2.17 bits per heavy atom. The molecule has 0 bridgehead atoms. The van der Waals surface area contributed by atoms with Gasteiger partial charge < -0.3 is 19.4 Å². The molecule has 0 aromatic carbocycles. The third kappa shape index (κ3) is 1.40. The van der Waals surface area contributed by atoms with Gasteiger partial charge in [0.25, 0.3) is 0 Å². The van der Waals surface area contributed by atoms with Crippen LogP contribution in [0.2, 0.25) is 0 Å². The average Bonchev–Trinajstić information content (AvgIpc) is 3.09. The second kappa shape index (κ2) is 3.74. The van der Waals surface area contributed by atoms with Crippen molar-refractivity contribution in [2.24, 2.45) is 0 Å². The SMILES string of the molecule is CCN1C(=O)N(C[C@@H]2CO2)[C@H]2[C@@H]1N(C)C(=O)N2C. The van der Waals surface area contributed by atoms with E-state index in [4.69, 9.17) is 4.74 Å². The minimum absolute atomic E-state index is 0.00537. The number of urea groups is 2. The molecule has 4 amide bonds. The highest BCUT2D eigenvalue weighted by atomic mass is 16.6. The third-order valence-electron chi connectivity index (χ3n) is 3.94. The fraction of sp³-hybridized carbons (Fsp3) is 0.818. The van der Waals surface area contributed by atoms with Crippen molar-refractivity contribution in [2.45, 2.75) is 25.4 Å². The summed E-state index contributed by atoms with van der Waals surface area (Å²) in [5.41, 5.74) is 0. The van der Waals surface area contributed by atoms with Crippen molar-refractivity contribution in [3.8, 4) is 0 Å². The smallest absolute Gasteiger partial charge is 0.323 e. The van der Waals surface area contributed by atoms with Crippen molar-refractivity contribution in [1.82, 2.24) is 19.6 Å². The van der Waals surface area contributed by atoms with Crippen LogP contribution >= 0.6 is 0 Å². The summed E-state index contributed by atoms with van der Waals surface area (Å²) in [4.78, 5) is 31.1. The Morgan fingerprint density at radius 1 is 1.11 bits per heavy atom. The lowest BCUT2D eigenvalue weighted by molar-refractivity contribution is 0.138. The molecule has 0 spiro atoms. The van der Waals surface area contributed by atoms with E-state index in [0.29, 0.717) is 19.7 Å². The number of hydrogen-bond donors (Lipinski definition) is 0. The maximum atomic E-state index is 12.3. The molecule has 3 aliphatic rings. The van der Waals surface area contributed by atoms with E-state index < -0.39 is 0 Å². The Balaban J connectivity index is 1.91. The van der Waals surface area contributed by atoms with Gasteiger partial charge in [0, 0.05) is 20.6 Å². The normalized spacial score (nSPS) is 34.7. The Hall–Kier alpha value is -1.50. The number of carbonyl (C=O) groups excluding carboxylic acids is 2. The van der Waals surface area contributed by atoms with Gasteiger partial charge in [-0.1, -0.05) is 0 Å². The van der Waals surface area contributed by atoms with Crippen LogP contribution < -0.4 is 0 Å². The van der Waals surface area contributed by atoms with Crippen molar-refractivity contribution in [2.75, 3.05) is 33.8 Å². The molecular formula is C11H18N4O3. The molecule has 3 saturated heterocycles. The summed E-state index contributed by atoms with van der Waals surface area (Å²) in [7, 11) is 3.49. The molecule has 0 aromatic heterocycles. The average molecular weight is 254 g/mol. The van der Waals surface area contributed by atoms with Crippen molar-refractivity contribution in [1.29, 1.82) is 0 Å². The van der Waals surface area contributed by atoms with Gasteiger partial charge in [-0.2, -0.15) is 0 Å². The number of amides is 4. The van der Waals surface area contributed by atoms with E-state index in [1.165, 1.54) is 0 Å². The van der Waals surface area contributed by atoms with Gasteiger partial charge in [-0.05, 0) is 6.92 Å². The molecule has 3 rings (SSSR count). The predicted octanol–water partition coefficient (Wildman–Crippen LogP) is -0.208. The van der Waals surface area contributed by atoms with E-state index in [9.17, 15) is 9.59 Å². The van der Waals surface area contributed by atoms with Crippen LogP contribution in [0.1, 0.15) is 6.92 Å². The van der Waals surface area contributed by atoms with E-state index in [2.05, 4.69) is 0 Å². The first-order valence-electron chi connectivity index (χ1n) is 6.24. The zero-order valence-corrected chi connectivity index (χ0v) is 10.9. The van der Waals surface area contributed by atoms with Gasteiger partial charge in [0.05, 0.1) is 19.3 Å². The molecule has 0 aliphatic carbocycles. The lowest BCUT2D eigenvalue weighted by atomic mass is 10.3. The molecule has 0 unspecified atom stereocenters. The molecule has 18 heavy (non-hydrogen) atoms. The Labute approximate surface area is 106 Å². The molecule has 7 nitrogen and oxygen atoms in total. The number of likely N-dealkylation sites (N-methyl/N-ethyl adjacent to an activating group) is 3. The van der Waals surface area contributed by atoms with Gasteiger partial charge in [-0.3, -0.25) is 4.90 Å². The highest BCUT2D eigenvalue weighted by molar-refractivity contribution is 5.84. The standard InChI is InChI=1S/C11H18N4O3/c1-4-14-8-9(13(3)10(16)12(8)2)15(11(14)17)5-7-6-18-7/h7-9H,4-6H2,1-3H3/t7-,8-,9+/m1/s1. The molecule has 3 fully saturated rings. The zero-order chi connectivity index (χ0) is 13.0. The van der Waals surface area contributed by atoms with E-state index in [0.717, 1.165) is 0 Å². The van der Waals surface area contributed by atoms with Crippen molar-refractivity contribution in [3.05, 3.63) is 0 Å². The highest BCUT2D eigenvalue weighted by Crippen LogP contribution is 2.33. The van der Waals surface area contributed by atoms with Crippen LogP contribution in [0.4, 0.5) is 9.59 Å². The number of nitrogens with zero attached hydrogens (tertiary/aromatic N) is 4. The lowest BCUT2D eigenvalue weighted by Crippen LogP contribution is -2.46. The van der Waals surface area contributed by atoms with Crippen LogP contribution in [0.3, 0.4) is 0 Å². The molecular weight excluding hydrogens is 236 g/mol. The first kappa shape index (κ1) is 11.6. The van der Waals surface area contributed by atoms with Crippen LogP contribution in [0.25, 0.3) is 0 Å². The number of hydrogen-bond acceptors (Lipinski definition) is 3. The summed E-state index contributed by atoms with van der Waals surface area (Å²) in [6.45, 7) is 3.82. The molecule has 0 N–H and O–H groups in total. The first-order valence-corrected chi connectivity index (χ1v) is 6.24. The van der Waals surface area contributed by atoms with E-state index in [1.54, 1.807) is 33.7 Å². The molecule has 0 radical (unpaired) electrons. The zero-order valence-electron chi connectivity index (χ0n) is 10.9. The second-order valence-corrected chi connectivity index (χ2v) is 5.01. The minimum Gasteiger partial charge on any atom is -0.371 e. The van der Waals surface area contributed by atoms with E-state index in [-0.39, 0.29) is 30.5 Å². The summed E-state index contributed by atoms with van der Waals surface area (Å²) >= 11 is 0. The highest BCUT2D eigenvalue weighted by Gasteiger charge is 2.57. The van der Waals surface area contributed by atoms with Crippen LogP contribution in [-0.4, -0.2) is 83.9 Å². The summed E-state index contributed by atoms with van der Waals surface area (Å²) in [5.74, 6) is 0. The molecule has 7 heteroatoms. The van der Waals surface area contributed by atoms with Gasteiger partial charge in [0.2, 0.25) is 0 Å². The topological polar surface area (TPSA) is 59.6 Å². The van der Waals surface area contributed by atoms with E-state index in [1.807, 2.05) is 6.92 Å². The Bertz CT molecular complexity index is 398. The fourth-order valence-electron chi connectivity index (χ4n) is 2.91. The number of fused-ring (bicyclic) bond motifs is 1. The first-order chi connectivity index (χ1) is 8.56. The number of epoxide rings is 1. The maximum absolute atomic E-state index is 12.3. The molecule has 0 aromatic rings. The number of ether oxygens (including phenoxy) is 1. The van der Waals surface area contributed by atoms with Gasteiger partial charge in [0.1, 0.15) is 12.3 Å². The largest absolute Gasteiger partial charge is 0.371 e. The Morgan fingerprint density at radius 2 is 1.67 bits per heavy atom. The lowest BCUT2D eigenvalue weighted by Gasteiger charge is -2.26. The van der Waals surface area contributed by atoms with Gasteiger partial charge in [-0.15, -0.1) is 0 Å². The molecule has 100 valence electrons. The van der Waals surface area contributed by atoms with Crippen molar-refractivity contribution >= 4 is 12.1 Å².